The van der Waals surface area contributed by atoms with Gasteiger partial charge in [0.05, 0.1) is 6.61 Å². The van der Waals surface area contributed by atoms with Crippen LogP contribution in [-0.2, 0) is 4.74 Å². The van der Waals surface area contributed by atoms with Gasteiger partial charge in [-0.25, -0.2) is 4.79 Å². The summed E-state index contributed by atoms with van der Waals surface area (Å²) in [5, 5.41) is 14.0. The molecule has 0 unspecified atom stereocenters. The van der Waals surface area contributed by atoms with E-state index in [1.807, 2.05) is 53.9 Å². The molecule has 4 rings (SSSR count). The van der Waals surface area contributed by atoms with E-state index in [0.29, 0.717) is 27.1 Å². The number of fused-ring (bicyclic) bond motifs is 1. The van der Waals surface area contributed by atoms with Gasteiger partial charge in [-0.3, -0.25) is 10.2 Å². The van der Waals surface area contributed by atoms with E-state index in [4.69, 9.17) is 14.6 Å². The SMILES string of the molecule is CCOC(=O)c1c(-c2ccccc2)csc1NC(=O)c1cc2ccc(N(CC)CC)cc2oc1=N. The van der Waals surface area contributed by atoms with Gasteiger partial charge < -0.3 is 19.4 Å². The fourth-order valence-corrected chi connectivity index (χ4v) is 4.88. The highest BCUT2D eigenvalue weighted by atomic mass is 32.1. The van der Waals surface area contributed by atoms with Crippen molar-refractivity contribution in [2.45, 2.75) is 20.8 Å². The molecule has 0 aliphatic carbocycles. The van der Waals surface area contributed by atoms with Crippen LogP contribution in [0.25, 0.3) is 22.1 Å². The van der Waals surface area contributed by atoms with Crippen LogP contribution in [0.2, 0.25) is 0 Å². The number of esters is 1. The monoisotopic (exact) mass is 489 g/mol. The lowest BCUT2D eigenvalue weighted by molar-refractivity contribution is 0.0529. The Kier molecular flexibility index (Phi) is 7.31. The Morgan fingerprint density at radius 1 is 1.06 bits per heavy atom. The number of nitrogens with one attached hydrogen (secondary N) is 2. The molecule has 4 aromatic rings. The summed E-state index contributed by atoms with van der Waals surface area (Å²) in [5.41, 5.74) is 3.19. The van der Waals surface area contributed by atoms with Crippen molar-refractivity contribution < 1.29 is 18.7 Å². The topological polar surface area (TPSA) is 95.6 Å². The summed E-state index contributed by atoms with van der Waals surface area (Å²) in [6.07, 6.45) is 0. The highest BCUT2D eigenvalue weighted by Gasteiger charge is 2.24. The van der Waals surface area contributed by atoms with Crippen LogP contribution in [0.3, 0.4) is 0 Å². The van der Waals surface area contributed by atoms with Gasteiger partial charge in [0.2, 0.25) is 5.55 Å². The van der Waals surface area contributed by atoms with Crippen molar-refractivity contribution in [2.75, 3.05) is 29.9 Å². The quantitative estimate of drug-likeness (QED) is 0.300. The number of carbonyl (C=O) groups excluding carboxylic acids is 2. The van der Waals surface area contributed by atoms with E-state index < -0.39 is 11.9 Å². The Morgan fingerprint density at radius 2 is 1.80 bits per heavy atom. The van der Waals surface area contributed by atoms with Crippen LogP contribution in [0.15, 0.2) is 64.4 Å². The molecular formula is C27H27N3O4S. The molecule has 0 aliphatic rings. The molecule has 0 bridgehead atoms. The number of nitrogens with zero attached hydrogens (tertiary/aromatic N) is 1. The zero-order valence-corrected chi connectivity index (χ0v) is 20.7. The predicted molar refractivity (Wildman–Crippen MR) is 139 cm³/mol. The van der Waals surface area contributed by atoms with Gasteiger partial charge in [-0.1, -0.05) is 30.3 Å². The van der Waals surface area contributed by atoms with Crippen LogP contribution in [-0.4, -0.2) is 31.6 Å². The molecular weight excluding hydrogens is 462 g/mol. The van der Waals surface area contributed by atoms with Crippen LogP contribution in [0.4, 0.5) is 10.7 Å². The first-order valence-corrected chi connectivity index (χ1v) is 12.4. The van der Waals surface area contributed by atoms with E-state index >= 15 is 0 Å². The number of amides is 1. The summed E-state index contributed by atoms with van der Waals surface area (Å²) >= 11 is 1.24. The summed E-state index contributed by atoms with van der Waals surface area (Å²) < 4.78 is 11.0. The fourth-order valence-electron chi connectivity index (χ4n) is 3.93. The lowest BCUT2D eigenvalue weighted by Gasteiger charge is -2.21. The molecule has 2 aromatic heterocycles. The number of ether oxygens (including phenoxy) is 1. The normalized spacial score (nSPS) is 10.8. The summed E-state index contributed by atoms with van der Waals surface area (Å²) in [4.78, 5) is 28.1. The van der Waals surface area contributed by atoms with Crippen LogP contribution < -0.4 is 15.8 Å². The highest BCUT2D eigenvalue weighted by Crippen LogP contribution is 2.36. The zero-order chi connectivity index (χ0) is 24.9. The van der Waals surface area contributed by atoms with Gasteiger partial charge in [-0.05, 0) is 44.5 Å². The maximum atomic E-state index is 13.2. The average Bonchev–Trinajstić information content (AvgIpc) is 3.28. The van der Waals surface area contributed by atoms with Crippen LogP contribution in [0.5, 0.6) is 0 Å². The summed E-state index contributed by atoms with van der Waals surface area (Å²) in [7, 11) is 0. The molecule has 0 saturated carbocycles. The van der Waals surface area contributed by atoms with Crippen molar-refractivity contribution in [3.8, 4) is 11.1 Å². The van der Waals surface area contributed by atoms with Crippen molar-refractivity contribution in [1.82, 2.24) is 0 Å². The Labute approximate surface area is 207 Å². The molecule has 1 amide bonds. The number of anilines is 2. The van der Waals surface area contributed by atoms with Crippen molar-refractivity contribution in [3.05, 3.63) is 76.7 Å². The lowest BCUT2D eigenvalue weighted by atomic mass is 10.0. The Bertz CT molecular complexity index is 1420. The van der Waals surface area contributed by atoms with Crippen LogP contribution in [0.1, 0.15) is 41.5 Å². The second-order valence-corrected chi connectivity index (χ2v) is 8.66. The Balaban J connectivity index is 1.69. The van der Waals surface area contributed by atoms with Gasteiger partial charge in [0.15, 0.2) is 0 Å². The first-order chi connectivity index (χ1) is 17.0. The number of benzene rings is 2. The van der Waals surface area contributed by atoms with E-state index in [1.165, 1.54) is 11.3 Å². The first-order valence-electron chi connectivity index (χ1n) is 11.5. The second-order valence-electron chi connectivity index (χ2n) is 7.78. The summed E-state index contributed by atoms with van der Waals surface area (Å²) in [6, 6.07) is 16.8. The summed E-state index contributed by atoms with van der Waals surface area (Å²) in [6.45, 7) is 7.81. The molecule has 0 saturated heterocycles. The first kappa shape index (κ1) is 24.2. The number of hydrogen-bond acceptors (Lipinski definition) is 7. The van der Waals surface area contributed by atoms with Gasteiger partial charge in [-0.2, -0.15) is 0 Å². The van der Waals surface area contributed by atoms with Crippen molar-refractivity contribution >= 4 is 44.9 Å². The van der Waals surface area contributed by atoms with Gasteiger partial charge >= 0.3 is 5.97 Å². The van der Waals surface area contributed by atoms with E-state index in [-0.39, 0.29) is 17.7 Å². The zero-order valence-electron chi connectivity index (χ0n) is 19.9. The van der Waals surface area contributed by atoms with Crippen molar-refractivity contribution in [2.24, 2.45) is 0 Å². The molecule has 7 nitrogen and oxygen atoms in total. The molecule has 0 spiro atoms. The average molecular weight is 490 g/mol. The molecule has 0 aliphatic heterocycles. The minimum absolute atomic E-state index is 0.0811. The van der Waals surface area contributed by atoms with E-state index in [9.17, 15) is 9.59 Å². The minimum Gasteiger partial charge on any atom is -0.462 e. The number of carbonyl (C=O) groups is 2. The third-order valence-electron chi connectivity index (χ3n) is 5.71. The molecule has 8 heteroatoms. The largest absolute Gasteiger partial charge is 0.462 e. The molecule has 0 atom stereocenters. The Hall–Kier alpha value is -3.91. The van der Waals surface area contributed by atoms with Gasteiger partial charge in [0.25, 0.3) is 5.91 Å². The standard InChI is InChI=1S/C27H27N3O4S/c1-4-30(5-2)19-13-12-18-14-20(24(28)34-22(18)15-19)25(31)29-26-23(27(32)33-6-3)21(16-35-26)17-10-8-7-9-11-17/h7-16,28H,4-6H2,1-3H3,(H,29,31). The van der Waals surface area contributed by atoms with Crippen molar-refractivity contribution in [3.63, 3.8) is 0 Å². The molecule has 0 radical (unpaired) electrons. The fraction of sp³-hybridized carbons (Fsp3) is 0.222. The maximum absolute atomic E-state index is 13.2. The smallest absolute Gasteiger partial charge is 0.341 e. The summed E-state index contributed by atoms with van der Waals surface area (Å²) in [5.74, 6) is -1.04. The molecule has 0 fully saturated rings. The third kappa shape index (κ3) is 4.97. The van der Waals surface area contributed by atoms with Gasteiger partial charge in [-0.15, -0.1) is 11.3 Å². The third-order valence-corrected chi connectivity index (χ3v) is 6.60. The van der Waals surface area contributed by atoms with Crippen LogP contribution in [0, 0.1) is 5.41 Å². The highest BCUT2D eigenvalue weighted by molar-refractivity contribution is 7.15. The lowest BCUT2D eigenvalue weighted by Crippen LogP contribution is -2.22. The van der Waals surface area contributed by atoms with E-state index in [2.05, 4.69) is 24.1 Å². The molecule has 180 valence electrons. The van der Waals surface area contributed by atoms with Gasteiger partial charge in [0, 0.05) is 41.2 Å². The molecule has 2 aromatic carbocycles. The predicted octanol–water partition coefficient (Wildman–Crippen LogP) is 5.92. The minimum atomic E-state index is -0.527. The van der Waals surface area contributed by atoms with E-state index in [0.717, 1.165) is 24.3 Å². The molecule has 2 N–H and O–H groups in total. The number of thiophene rings is 1. The second kappa shape index (κ2) is 10.6. The maximum Gasteiger partial charge on any atom is 0.341 e. The van der Waals surface area contributed by atoms with Gasteiger partial charge in [0.1, 0.15) is 21.7 Å². The number of rotatable bonds is 8. The Morgan fingerprint density at radius 3 is 2.49 bits per heavy atom. The molecule has 35 heavy (non-hydrogen) atoms. The van der Waals surface area contributed by atoms with E-state index in [1.54, 1.807) is 13.0 Å². The van der Waals surface area contributed by atoms with Crippen LogP contribution >= 0.6 is 11.3 Å². The molecule has 2 heterocycles. The number of hydrogen-bond donors (Lipinski definition) is 2. The van der Waals surface area contributed by atoms with Crippen molar-refractivity contribution in [1.29, 1.82) is 5.41 Å².